The van der Waals surface area contributed by atoms with E-state index in [1.165, 1.54) is 18.1 Å². The molecule has 0 bridgehead atoms. The van der Waals surface area contributed by atoms with Crippen molar-refractivity contribution in [3.05, 3.63) is 29.8 Å². The summed E-state index contributed by atoms with van der Waals surface area (Å²) < 4.78 is 32.6. The molecule has 0 spiro atoms. The zero-order chi connectivity index (χ0) is 20.2. The van der Waals surface area contributed by atoms with Gasteiger partial charge in [0.05, 0.1) is 12.0 Å². The van der Waals surface area contributed by atoms with Gasteiger partial charge in [-0.3, -0.25) is 9.69 Å². The minimum atomic E-state index is -3.73. The molecule has 27 heavy (non-hydrogen) atoms. The van der Waals surface area contributed by atoms with E-state index in [9.17, 15) is 18.0 Å². The van der Waals surface area contributed by atoms with Gasteiger partial charge in [0, 0.05) is 18.6 Å². The summed E-state index contributed by atoms with van der Waals surface area (Å²) >= 11 is 0. The number of carbonyl (C=O) groups is 2. The number of sulfonamides is 1. The van der Waals surface area contributed by atoms with Gasteiger partial charge >= 0.3 is 6.09 Å². The Morgan fingerprint density at radius 3 is 2.56 bits per heavy atom. The molecular weight excluding hydrogens is 370 g/mol. The number of methoxy groups -OCH3 is 1. The van der Waals surface area contributed by atoms with Gasteiger partial charge in [-0.15, -0.1) is 0 Å². The molecule has 2 amide bonds. The van der Waals surface area contributed by atoms with Gasteiger partial charge in [0.25, 0.3) is 0 Å². The van der Waals surface area contributed by atoms with E-state index in [1.54, 1.807) is 39.0 Å². The fourth-order valence-electron chi connectivity index (χ4n) is 3.05. The Bertz CT molecular complexity index is 801. The number of hydrogen-bond donors (Lipinski definition) is 2. The molecule has 1 aliphatic rings. The normalized spacial score (nSPS) is 17.6. The largest absolute Gasteiger partial charge is 0.453 e. The number of hydrogen-bond acceptors (Lipinski definition) is 5. The fourth-order valence-corrected chi connectivity index (χ4v) is 4.70. The lowest BCUT2D eigenvalue weighted by atomic mass is 10.1. The van der Waals surface area contributed by atoms with Crippen molar-refractivity contribution in [2.75, 3.05) is 13.7 Å². The van der Waals surface area contributed by atoms with Crippen LogP contribution < -0.4 is 10.0 Å². The van der Waals surface area contributed by atoms with Crippen LogP contribution in [0.15, 0.2) is 29.2 Å². The molecule has 1 atom stereocenters. The Labute approximate surface area is 160 Å². The first-order valence-corrected chi connectivity index (χ1v) is 10.3. The third kappa shape index (κ3) is 5.43. The SMILES string of the molecule is COC(=O)N1CCCC1C(=O)NCc1ccccc1S(=O)(=O)NC(C)(C)C. The molecule has 1 heterocycles. The highest BCUT2D eigenvalue weighted by Crippen LogP contribution is 2.20. The van der Waals surface area contributed by atoms with Crippen molar-refractivity contribution < 1.29 is 22.7 Å². The van der Waals surface area contributed by atoms with Gasteiger partial charge in [0.15, 0.2) is 0 Å². The lowest BCUT2D eigenvalue weighted by molar-refractivity contribution is -0.125. The predicted octanol–water partition coefficient (Wildman–Crippen LogP) is 1.61. The van der Waals surface area contributed by atoms with Crippen molar-refractivity contribution in [2.24, 2.45) is 0 Å². The maximum absolute atomic E-state index is 12.7. The Morgan fingerprint density at radius 1 is 1.26 bits per heavy atom. The van der Waals surface area contributed by atoms with Crippen LogP contribution in [0.2, 0.25) is 0 Å². The molecule has 1 fully saturated rings. The molecule has 1 saturated heterocycles. The molecule has 150 valence electrons. The Kier molecular flexibility index (Phi) is 6.48. The summed E-state index contributed by atoms with van der Waals surface area (Å²) in [5, 5.41) is 2.74. The Hall–Kier alpha value is -2.13. The van der Waals surface area contributed by atoms with Crippen molar-refractivity contribution >= 4 is 22.0 Å². The highest BCUT2D eigenvalue weighted by atomic mass is 32.2. The minimum absolute atomic E-state index is 0.0472. The third-order valence-corrected chi connectivity index (χ3v) is 5.98. The zero-order valence-electron chi connectivity index (χ0n) is 16.1. The second-order valence-electron chi connectivity index (χ2n) is 7.50. The van der Waals surface area contributed by atoms with E-state index in [2.05, 4.69) is 10.0 Å². The number of likely N-dealkylation sites (tertiary alicyclic amines) is 1. The second-order valence-corrected chi connectivity index (χ2v) is 9.15. The number of carbonyl (C=O) groups excluding carboxylic acids is 2. The molecule has 0 saturated carbocycles. The van der Waals surface area contributed by atoms with Crippen LogP contribution in [-0.4, -0.2) is 50.6 Å². The molecule has 0 radical (unpaired) electrons. The molecule has 1 aliphatic heterocycles. The van der Waals surface area contributed by atoms with E-state index in [1.807, 2.05) is 0 Å². The standard InChI is InChI=1S/C18H27N3O5S/c1-18(2,3)20-27(24,25)15-10-6-5-8-13(15)12-19-16(22)14-9-7-11-21(14)17(23)26-4/h5-6,8,10,14,20H,7,9,11-12H2,1-4H3,(H,19,22). The van der Waals surface area contributed by atoms with Crippen LogP contribution in [0.25, 0.3) is 0 Å². The number of nitrogens with one attached hydrogen (secondary N) is 2. The van der Waals surface area contributed by atoms with E-state index >= 15 is 0 Å². The van der Waals surface area contributed by atoms with Gasteiger partial charge in [-0.05, 0) is 45.2 Å². The van der Waals surface area contributed by atoms with Gasteiger partial charge in [0.2, 0.25) is 15.9 Å². The van der Waals surface area contributed by atoms with Crippen molar-refractivity contribution in [2.45, 2.75) is 56.6 Å². The minimum Gasteiger partial charge on any atom is -0.453 e. The number of ether oxygens (including phenoxy) is 1. The van der Waals surface area contributed by atoms with Gasteiger partial charge in [0.1, 0.15) is 6.04 Å². The van der Waals surface area contributed by atoms with E-state index in [4.69, 9.17) is 4.74 Å². The average Bonchev–Trinajstić information content (AvgIpc) is 3.07. The smallest absolute Gasteiger partial charge is 0.410 e. The summed E-state index contributed by atoms with van der Waals surface area (Å²) in [5.41, 5.74) is -0.148. The molecule has 2 N–H and O–H groups in total. The molecular formula is C18H27N3O5S. The monoisotopic (exact) mass is 397 g/mol. The topological polar surface area (TPSA) is 105 Å². The lowest BCUT2D eigenvalue weighted by Crippen LogP contribution is -2.46. The van der Waals surface area contributed by atoms with E-state index in [0.717, 1.165) is 0 Å². The number of rotatable bonds is 5. The van der Waals surface area contributed by atoms with Crippen molar-refractivity contribution in [1.82, 2.24) is 14.9 Å². The maximum Gasteiger partial charge on any atom is 0.410 e. The first-order chi connectivity index (χ1) is 12.5. The summed E-state index contributed by atoms with van der Waals surface area (Å²) in [5.74, 6) is -0.325. The fraction of sp³-hybridized carbons (Fsp3) is 0.556. The van der Waals surface area contributed by atoms with Crippen molar-refractivity contribution in [1.29, 1.82) is 0 Å². The van der Waals surface area contributed by atoms with Gasteiger partial charge in [-0.2, -0.15) is 0 Å². The van der Waals surface area contributed by atoms with Crippen LogP contribution in [-0.2, 0) is 26.1 Å². The molecule has 8 nitrogen and oxygen atoms in total. The Balaban J connectivity index is 2.13. The molecule has 1 aromatic carbocycles. The number of amides is 2. The Morgan fingerprint density at radius 2 is 1.93 bits per heavy atom. The maximum atomic E-state index is 12.7. The summed E-state index contributed by atoms with van der Waals surface area (Å²) in [6.07, 6.45) is 0.727. The number of benzene rings is 1. The van der Waals surface area contributed by atoms with E-state index in [0.29, 0.717) is 24.9 Å². The molecule has 0 aromatic heterocycles. The zero-order valence-corrected chi connectivity index (χ0v) is 16.9. The van der Waals surface area contributed by atoms with Crippen LogP contribution in [0.1, 0.15) is 39.2 Å². The third-order valence-electron chi connectivity index (χ3n) is 4.12. The predicted molar refractivity (Wildman–Crippen MR) is 100 cm³/mol. The summed E-state index contributed by atoms with van der Waals surface area (Å²) in [6, 6.07) is 5.91. The molecule has 9 heteroatoms. The first kappa shape index (κ1) is 21.2. The number of nitrogens with zero attached hydrogens (tertiary/aromatic N) is 1. The van der Waals surface area contributed by atoms with Crippen LogP contribution in [0, 0.1) is 0 Å². The van der Waals surface area contributed by atoms with Crippen molar-refractivity contribution in [3.8, 4) is 0 Å². The molecule has 1 aromatic rings. The van der Waals surface area contributed by atoms with Crippen LogP contribution in [0.4, 0.5) is 4.79 Å². The van der Waals surface area contributed by atoms with Crippen LogP contribution >= 0.6 is 0 Å². The van der Waals surface area contributed by atoms with E-state index < -0.39 is 27.7 Å². The highest BCUT2D eigenvalue weighted by molar-refractivity contribution is 7.89. The summed E-state index contributed by atoms with van der Waals surface area (Å²) in [7, 11) is -2.45. The quantitative estimate of drug-likeness (QED) is 0.785. The van der Waals surface area contributed by atoms with Gasteiger partial charge in [-0.1, -0.05) is 18.2 Å². The van der Waals surface area contributed by atoms with Gasteiger partial charge in [-0.25, -0.2) is 17.9 Å². The lowest BCUT2D eigenvalue weighted by Gasteiger charge is -2.23. The molecule has 2 rings (SSSR count). The van der Waals surface area contributed by atoms with Gasteiger partial charge < -0.3 is 10.1 Å². The molecule has 0 aliphatic carbocycles. The second kappa shape index (κ2) is 8.26. The highest BCUT2D eigenvalue weighted by Gasteiger charge is 2.34. The first-order valence-electron chi connectivity index (χ1n) is 8.79. The summed E-state index contributed by atoms with van der Waals surface area (Å²) in [4.78, 5) is 25.8. The van der Waals surface area contributed by atoms with E-state index in [-0.39, 0.29) is 17.3 Å². The van der Waals surface area contributed by atoms with Crippen LogP contribution in [0.3, 0.4) is 0 Å². The molecule has 1 unspecified atom stereocenters. The summed E-state index contributed by atoms with van der Waals surface area (Å²) in [6.45, 7) is 5.79. The average molecular weight is 397 g/mol. The van der Waals surface area contributed by atoms with Crippen molar-refractivity contribution in [3.63, 3.8) is 0 Å². The van der Waals surface area contributed by atoms with Crippen LogP contribution in [0.5, 0.6) is 0 Å².